The summed E-state index contributed by atoms with van der Waals surface area (Å²) in [7, 11) is 0. The van der Waals surface area contributed by atoms with Gasteiger partial charge in [-0.05, 0) is 37.5 Å². The first-order valence-corrected chi connectivity index (χ1v) is 11.7. The van der Waals surface area contributed by atoms with Gasteiger partial charge in [-0.2, -0.15) is 0 Å². The Hall–Kier alpha value is -3.16. The molecule has 1 aliphatic rings. The van der Waals surface area contributed by atoms with E-state index in [1.807, 2.05) is 71.4 Å². The van der Waals surface area contributed by atoms with Crippen LogP contribution in [0.1, 0.15) is 24.1 Å². The summed E-state index contributed by atoms with van der Waals surface area (Å²) in [5, 5.41) is 5.01. The van der Waals surface area contributed by atoms with Gasteiger partial charge >= 0.3 is 0 Å². The SMILES string of the molecule is Cc1ccc(NC(=O)Cc2csc3nc(-c4ccccc4)cn23)c(OC[C@@H]2CCCO2)c1. The van der Waals surface area contributed by atoms with Gasteiger partial charge in [-0.15, -0.1) is 11.3 Å². The number of amides is 1. The van der Waals surface area contributed by atoms with E-state index in [2.05, 4.69) is 5.32 Å². The lowest BCUT2D eigenvalue weighted by Crippen LogP contribution is -2.19. The van der Waals surface area contributed by atoms with Crippen molar-refractivity contribution in [3.8, 4) is 17.0 Å². The molecule has 0 aliphatic carbocycles. The number of hydrogen-bond donors (Lipinski definition) is 1. The zero-order valence-electron chi connectivity index (χ0n) is 17.9. The monoisotopic (exact) mass is 447 g/mol. The first-order valence-electron chi connectivity index (χ1n) is 10.8. The molecule has 32 heavy (non-hydrogen) atoms. The molecule has 0 radical (unpaired) electrons. The van der Waals surface area contributed by atoms with Crippen molar-refractivity contribution in [1.82, 2.24) is 9.38 Å². The Morgan fingerprint density at radius 2 is 2.16 bits per heavy atom. The Morgan fingerprint density at radius 3 is 2.97 bits per heavy atom. The van der Waals surface area contributed by atoms with Crippen molar-refractivity contribution in [1.29, 1.82) is 0 Å². The van der Waals surface area contributed by atoms with Crippen molar-refractivity contribution in [3.05, 3.63) is 71.4 Å². The van der Waals surface area contributed by atoms with Gasteiger partial charge in [0.2, 0.25) is 5.91 Å². The number of fused-ring (bicyclic) bond motifs is 1. The van der Waals surface area contributed by atoms with Crippen molar-refractivity contribution in [3.63, 3.8) is 0 Å². The predicted octanol–water partition coefficient (Wildman–Crippen LogP) is 5.11. The molecule has 1 N–H and O–H groups in total. The lowest BCUT2D eigenvalue weighted by atomic mass is 10.2. The zero-order chi connectivity index (χ0) is 21.9. The van der Waals surface area contributed by atoms with Crippen molar-refractivity contribution in [2.45, 2.75) is 32.3 Å². The normalized spacial score (nSPS) is 15.8. The number of thiazole rings is 1. The van der Waals surface area contributed by atoms with Gasteiger partial charge in [0, 0.05) is 29.4 Å². The predicted molar refractivity (Wildman–Crippen MR) is 126 cm³/mol. The second-order valence-corrected chi connectivity index (χ2v) is 8.88. The van der Waals surface area contributed by atoms with E-state index < -0.39 is 0 Å². The molecule has 5 rings (SSSR count). The van der Waals surface area contributed by atoms with E-state index in [-0.39, 0.29) is 18.4 Å². The molecule has 1 saturated heterocycles. The smallest absolute Gasteiger partial charge is 0.230 e. The fraction of sp³-hybridized carbons (Fsp3) is 0.280. The van der Waals surface area contributed by atoms with Gasteiger partial charge < -0.3 is 14.8 Å². The highest BCUT2D eigenvalue weighted by Gasteiger charge is 2.18. The summed E-state index contributed by atoms with van der Waals surface area (Å²) in [5.74, 6) is 0.587. The second kappa shape index (κ2) is 9.14. The van der Waals surface area contributed by atoms with Crippen LogP contribution in [0.2, 0.25) is 0 Å². The molecule has 2 aromatic heterocycles. The van der Waals surface area contributed by atoms with Gasteiger partial charge in [0.15, 0.2) is 4.96 Å². The summed E-state index contributed by atoms with van der Waals surface area (Å²) in [6.45, 7) is 3.30. The summed E-state index contributed by atoms with van der Waals surface area (Å²) < 4.78 is 13.7. The fourth-order valence-electron chi connectivity index (χ4n) is 3.87. The van der Waals surface area contributed by atoms with Gasteiger partial charge in [0.1, 0.15) is 12.4 Å². The van der Waals surface area contributed by atoms with Crippen LogP contribution in [-0.2, 0) is 16.0 Å². The van der Waals surface area contributed by atoms with Crippen LogP contribution in [0.3, 0.4) is 0 Å². The van der Waals surface area contributed by atoms with Crippen LogP contribution >= 0.6 is 11.3 Å². The van der Waals surface area contributed by atoms with Crippen LogP contribution in [0.5, 0.6) is 5.75 Å². The van der Waals surface area contributed by atoms with Gasteiger partial charge in [-0.3, -0.25) is 9.20 Å². The topological polar surface area (TPSA) is 64.9 Å². The molecule has 3 heterocycles. The number of ether oxygens (including phenoxy) is 2. The number of benzene rings is 2. The highest BCUT2D eigenvalue weighted by atomic mass is 32.1. The Kier molecular flexibility index (Phi) is 5.92. The first-order chi connectivity index (χ1) is 15.7. The molecule has 6 nitrogen and oxygen atoms in total. The molecule has 0 spiro atoms. The summed E-state index contributed by atoms with van der Waals surface area (Å²) >= 11 is 1.54. The van der Waals surface area contributed by atoms with E-state index in [9.17, 15) is 4.79 Å². The third-order valence-corrected chi connectivity index (χ3v) is 6.44. The number of aromatic nitrogens is 2. The molecule has 1 amide bonds. The molecule has 4 aromatic rings. The van der Waals surface area contributed by atoms with Crippen LogP contribution < -0.4 is 10.1 Å². The van der Waals surface area contributed by atoms with E-state index >= 15 is 0 Å². The Bertz CT molecular complexity index is 1230. The third kappa shape index (κ3) is 4.54. The average Bonchev–Trinajstić information content (AvgIpc) is 3.53. The van der Waals surface area contributed by atoms with Crippen molar-refractivity contribution >= 4 is 27.9 Å². The molecule has 1 fully saturated rings. The van der Waals surface area contributed by atoms with Crippen LogP contribution in [0.25, 0.3) is 16.2 Å². The van der Waals surface area contributed by atoms with Gasteiger partial charge in [-0.1, -0.05) is 36.4 Å². The van der Waals surface area contributed by atoms with Crippen LogP contribution in [-0.4, -0.2) is 34.6 Å². The Balaban J connectivity index is 1.29. The maximum atomic E-state index is 12.9. The van der Waals surface area contributed by atoms with Gasteiger partial charge in [-0.25, -0.2) is 4.98 Å². The molecule has 2 aromatic carbocycles. The number of aryl methyl sites for hydroxylation is 1. The van der Waals surface area contributed by atoms with Crippen molar-refractivity contribution < 1.29 is 14.3 Å². The molecule has 1 atom stereocenters. The minimum Gasteiger partial charge on any atom is -0.489 e. The highest BCUT2D eigenvalue weighted by molar-refractivity contribution is 7.15. The second-order valence-electron chi connectivity index (χ2n) is 8.04. The molecular formula is C25H25N3O3S. The minimum atomic E-state index is -0.0921. The molecule has 0 bridgehead atoms. The summed E-state index contributed by atoms with van der Waals surface area (Å²) in [6, 6.07) is 15.9. The van der Waals surface area contributed by atoms with Crippen LogP contribution in [0.4, 0.5) is 5.69 Å². The van der Waals surface area contributed by atoms with Gasteiger partial charge in [0.05, 0.1) is 23.9 Å². The van der Waals surface area contributed by atoms with E-state index in [0.717, 1.165) is 46.9 Å². The molecule has 7 heteroatoms. The lowest BCUT2D eigenvalue weighted by Gasteiger charge is -2.16. The van der Waals surface area contributed by atoms with Gasteiger partial charge in [0.25, 0.3) is 0 Å². The maximum Gasteiger partial charge on any atom is 0.230 e. The minimum absolute atomic E-state index is 0.0921. The third-order valence-electron chi connectivity index (χ3n) is 5.55. The zero-order valence-corrected chi connectivity index (χ0v) is 18.7. The van der Waals surface area contributed by atoms with E-state index in [4.69, 9.17) is 14.5 Å². The summed E-state index contributed by atoms with van der Waals surface area (Å²) in [5.41, 5.74) is 4.64. The highest BCUT2D eigenvalue weighted by Crippen LogP contribution is 2.28. The largest absolute Gasteiger partial charge is 0.489 e. The number of nitrogens with one attached hydrogen (secondary N) is 1. The maximum absolute atomic E-state index is 12.9. The molecular weight excluding hydrogens is 422 g/mol. The number of carbonyl (C=O) groups excluding carboxylic acids is 1. The number of rotatable bonds is 7. The number of carbonyl (C=O) groups is 1. The summed E-state index contributed by atoms with van der Waals surface area (Å²) in [6.07, 6.45) is 4.45. The molecule has 1 aliphatic heterocycles. The lowest BCUT2D eigenvalue weighted by molar-refractivity contribution is -0.115. The Labute approximate surface area is 190 Å². The van der Waals surface area contributed by atoms with E-state index in [1.165, 1.54) is 11.3 Å². The Morgan fingerprint density at radius 1 is 1.28 bits per heavy atom. The van der Waals surface area contributed by atoms with Crippen molar-refractivity contribution in [2.24, 2.45) is 0 Å². The molecule has 164 valence electrons. The number of imidazole rings is 1. The van der Waals surface area contributed by atoms with Crippen molar-refractivity contribution in [2.75, 3.05) is 18.5 Å². The van der Waals surface area contributed by atoms with E-state index in [0.29, 0.717) is 18.0 Å². The molecule has 0 unspecified atom stereocenters. The molecule has 0 saturated carbocycles. The summed E-state index contributed by atoms with van der Waals surface area (Å²) in [4.78, 5) is 18.5. The van der Waals surface area contributed by atoms with Crippen LogP contribution in [0, 0.1) is 6.92 Å². The number of anilines is 1. The van der Waals surface area contributed by atoms with Crippen LogP contribution in [0.15, 0.2) is 60.1 Å². The quantitative estimate of drug-likeness (QED) is 0.428. The standard InChI is InChI=1S/C25H25N3O3S/c1-17-9-10-21(23(12-17)31-15-20-8-5-11-30-20)26-24(29)13-19-16-32-25-27-22(14-28(19)25)18-6-3-2-4-7-18/h2-4,6-7,9-10,12,14,16,20H,5,8,11,13,15H2,1H3,(H,26,29)/t20-/m0/s1. The number of nitrogens with zero attached hydrogens (tertiary/aromatic N) is 2. The number of hydrogen-bond acceptors (Lipinski definition) is 5. The van der Waals surface area contributed by atoms with E-state index in [1.54, 1.807) is 0 Å². The first kappa shape index (κ1) is 20.7. The average molecular weight is 448 g/mol. The fourth-order valence-corrected chi connectivity index (χ4v) is 4.75.